The van der Waals surface area contributed by atoms with Gasteiger partial charge < -0.3 is 10.5 Å². The van der Waals surface area contributed by atoms with Gasteiger partial charge in [-0.1, -0.05) is 12.1 Å². The van der Waals surface area contributed by atoms with Crippen molar-refractivity contribution in [3.63, 3.8) is 0 Å². The topological polar surface area (TPSA) is 55.3 Å². The summed E-state index contributed by atoms with van der Waals surface area (Å²) >= 11 is 0. The lowest BCUT2D eigenvalue weighted by Crippen LogP contribution is -2.20. The molecular weight excluding hydrogens is 192 g/mol. The maximum atomic E-state index is 11.0. The van der Waals surface area contributed by atoms with Crippen molar-refractivity contribution >= 4 is 5.91 Å². The summed E-state index contributed by atoms with van der Waals surface area (Å²) in [5.41, 5.74) is 6.37. The Morgan fingerprint density at radius 3 is 2.40 bits per heavy atom. The fourth-order valence-electron chi connectivity index (χ4n) is 1.91. The minimum atomic E-state index is -0.265. The second kappa shape index (κ2) is 3.55. The molecule has 0 saturated carbocycles. The quantitative estimate of drug-likeness (QED) is 0.734. The molecule has 2 N–H and O–H groups in total. The van der Waals surface area contributed by atoms with Crippen LogP contribution in [0.15, 0.2) is 24.3 Å². The van der Waals surface area contributed by atoms with Gasteiger partial charge in [0.15, 0.2) is 0 Å². The smallest absolute Gasteiger partial charge is 0.236 e. The van der Waals surface area contributed by atoms with E-state index in [1.165, 1.54) is 0 Å². The standard InChI is InChI=1S/C11H14N2O2/c1-13-9(10(13)11(12)14)7-3-5-8(15-2)6-4-7/h3-6,9-10H,1-2H3,(H2,12,14)/t9-,10+,13?/m0/s1. The van der Waals surface area contributed by atoms with Gasteiger partial charge in [0.05, 0.1) is 13.2 Å². The number of likely N-dealkylation sites (N-methyl/N-ethyl adjacent to an activating group) is 1. The molecule has 4 heteroatoms. The number of rotatable bonds is 3. The van der Waals surface area contributed by atoms with E-state index in [0.717, 1.165) is 11.3 Å². The number of primary amides is 1. The number of methoxy groups -OCH3 is 1. The average molecular weight is 206 g/mol. The highest BCUT2D eigenvalue weighted by molar-refractivity contribution is 5.84. The van der Waals surface area contributed by atoms with E-state index in [2.05, 4.69) is 0 Å². The van der Waals surface area contributed by atoms with Crippen molar-refractivity contribution in [2.75, 3.05) is 14.2 Å². The molecule has 1 saturated heterocycles. The van der Waals surface area contributed by atoms with Crippen molar-refractivity contribution in [1.82, 2.24) is 4.90 Å². The molecule has 4 nitrogen and oxygen atoms in total. The highest BCUT2D eigenvalue weighted by atomic mass is 16.5. The largest absolute Gasteiger partial charge is 0.497 e. The Hall–Kier alpha value is -1.55. The first kappa shape index (κ1) is 9.98. The lowest BCUT2D eigenvalue weighted by Gasteiger charge is -2.01. The third-order valence-electron chi connectivity index (χ3n) is 2.84. The molecule has 3 atom stereocenters. The normalized spacial score (nSPS) is 28.5. The molecule has 0 radical (unpaired) electrons. The van der Waals surface area contributed by atoms with Crippen molar-refractivity contribution in [2.45, 2.75) is 12.1 Å². The van der Waals surface area contributed by atoms with Crippen LogP contribution in [0.25, 0.3) is 0 Å². The lowest BCUT2D eigenvalue weighted by atomic mass is 10.1. The third kappa shape index (κ3) is 1.68. The molecule has 1 heterocycles. The number of nitrogens with zero attached hydrogens (tertiary/aromatic N) is 1. The predicted octanol–water partition coefficient (Wildman–Crippen LogP) is 0.536. The Kier molecular flexibility index (Phi) is 2.36. The van der Waals surface area contributed by atoms with Crippen LogP contribution >= 0.6 is 0 Å². The van der Waals surface area contributed by atoms with Crippen LogP contribution in [0.1, 0.15) is 11.6 Å². The number of amides is 1. The summed E-state index contributed by atoms with van der Waals surface area (Å²) in [7, 11) is 3.52. The SMILES string of the molecule is COc1ccc([C@H]2[C@H](C(N)=O)N2C)cc1. The van der Waals surface area contributed by atoms with Crippen LogP contribution in [0.3, 0.4) is 0 Å². The van der Waals surface area contributed by atoms with Crippen LogP contribution in [0, 0.1) is 0 Å². The van der Waals surface area contributed by atoms with Crippen molar-refractivity contribution in [3.05, 3.63) is 29.8 Å². The summed E-state index contributed by atoms with van der Waals surface area (Å²) in [6.07, 6.45) is 0. The zero-order chi connectivity index (χ0) is 11.0. The van der Waals surface area contributed by atoms with E-state index in [4.69, 9.17) is 10.5 Å². The molecule has 0 aliphatic carbocycles. The summed E-state index contributed by atoms with van der Waals surface area (Å²) in [6.45, 7) is 0. The number of ether oxygens (including phenoxy) is 1. The van der Waals surface area contributed by atoms with Gasteiger partial charge in [-0.05, 0) is 24.7 Å². The molecule has 80 valence electrons. The van der Waals surface area contributed by atoms with Gasteiger partial charge in [-0.2, -0.15) is 0 Å². The van der Waals surface area contributed by atoms with Crippen LogP contribution in [0.5, 0.6) is 5.75 Å². The van der Waals surface area contributed by atoms with Crippen molar-refractivity contribution in [3.8, 4) is 5.75 Å². The molecule has 1 fully saturated rings. The first-order valence-corrected chi connectivity index (χ1v) is 4.80. The van der Waals surface area contributed by atoms with Gasteiger partial charge in [-0.3, -0.25) is 9.69 Å². The van der Waals surface area contributed by atoms with E-state index in [1.807, 2.05) is 36.2 Å². The first-order valence-electron chi connectivity index (χ1n) is 4.80. The summed E-state index contributed by atoms with van der Waals surface area (Å²) in [6, 6.07) is 7.68. The summed E-state index contributed by atoms with van der Waals surface area (Å²) in [5.74, 6) is 0.552. The molecule has 0 spiro atoms. The Balaban J connectivity index is 2.15. The predicted molar refractivity (Wildman–Crippen MR) is 56.5 cm³/mol. The minimum absolute atomic E-state index is 0.133. The van der Waals surface area contributed by atoms with Gasteiger partial charge in [0, 0.05) is 0 Å². The fraction of sp³-hybridized carbons (Fsp3) is 0.364. The molecule has 1 aromatic rings. The minimum Gasteiger partial charge on any atom is -0.497 e. The van der Waals surface area contributed by atoms with Crippen molar-refractivity contribution < 1.29 is 9.53 Å². The zero-order valence-corrected chi connectivity index (χ0v) is 8.81. The molecule has 1 aliphatic rings. The Morgan fingerprint density at radius 1 is 1.40 bits per heavy atom. The number of carbonyl (C=O) groups is 1. The molecule has 2 rings (SSSR count). The van der Waals surface area contributed by atoms with Gasteiger partial charge in [-0.15, -0.1) is 0 Å². The molecule has 15 heavy (non-hydrogen) atoms. The molecule has 0 aromatic heterocycles. The highest BCUT2D eigenvalue weighted by Crippen LogP contribution is 2.41. The van der Waals surface area contributed by atoms with Crippen LogP contribution < -0.4 is 10.5 Å². The van der Waals surface area contributed by atoms with Crippen molar-refractivity contribution in [2.24, 2.45) is 5.73 Å². The monoisotopic (exact) mass is 206 g/mol. The zero-order valence-electron chi connectivity index (χ0n) is 8.81. The molecule has 1 aromatic carbocycles. The number of carbonyl (C=O) groups excluding carboxylic acids is 1. The number of nitrogens with two attached hydrogens (primary N) is 1. The average Bonchev–Trinajstić information content (AvgIpc) is 2.90. The van der Waals surface area contributed by atoms with Crippen LogP contribution in [-0.2, 0) is 4.79 Å². The maximum absolute atomic E-state index is 11.0. The van der Waals surface area contributed by atoms with Gasteiger partial charge >= 0.3 is 0 Å². The first-order chi connectivity index (χ1) is 7.15. The van der Waals surface area contributed by atoms with E-state index < -0.39 is 0 Å². The highest BCUT2D eigenvalue weighted by Gasteiger charge is 2.49. The molecule has 1 aliphatic heterocycles. The fourth-order valence-corrected chi connectivity index (χ4v) is 1.91. The van der Waals surface area contributed by atoms with E-state index >= 15 is 0 Å². The number of hydrogen-bond acceptors (Lipinski definition) is 3. The van der Waals surface area contributed by atoms with Crippen LogP contribution in [0.4, 0.5) is 0 Å². The Morgan fingerprint density at radius 2 is 2.00 bits per heavy atom. The summed E-state index contributed by atoms with van der Waals surface area (Å²) < 4.78 is 5.07. The second-order valence-corrected chi connectivity index (χ2v) is 3.73. The van der Waals surface area contributed by atoms with E-state index in [-0.39, 0.29) is 18.0 Å². The Bertz CT molecular complexity index is 375. The number of benzene rings is 1. The van der Waals surface area contributed by atoms with Gasteiger partial charge in [0.2, 0.25) is 5.91 Å². The lowest BCUT2D eigenvalue weighted by molar-refractivity contribution is -0.118. The van der Waals surface area contributed by atoms with Crippen molar-refractivity contribution in [1.29, 1.82) is 0 Å². The third-order valence-corrected chi connectivity index (χ3v) is 2.84. The van der Waals surface area contributed by atoms with Gasteiger partial charge in [0.1, 0.15) is 11.8 Å². The molecule has 0 bridgehead atoms. The van der Waals surface area contributed by atoms with E-state index in [9.17, 15) is 4.79 Å². The van der Waals surface area contributed by atoms with Crippen LogP contribution in [0.2, 0.25) is 0 Å². The van der Waals surface area contributed by atoms with E-state index in [0.29, 0.717) is 0 Å². The maximum Gasteiger partial charge on any atom is 0.236 e. The molecular formula is C11H14N2O2. The number of hydrogen-bond donors (Lipinski definition) is 1. The molecule has 1 unspecified atom stereocenters. The Labute approximate surface area is 88.6 Å². The van der Waals surface area contributed by atoms with Gasteiger partial charge in [0.25, 0.3) is 0 Å². The summed E-state index contributed by atoms with van der Waals surface area (Å²) in [4.78, 5) is 13.0. The summed E-state index contributed by atoms with van der Waals surface area (Å²) in [5, 5.41) is 0. The second-order valence-electron chi connectivity index (χ2n) is 3.73. The van der Waals surface area contributed by atoms with Gasteiger partial charge in [-0.25, -0.2) is 0 Å². The molecule has 1 amide bonds. The van der Waals surface area contributed by atoms with E-state index in [1.54, 1.807) is 7.11 Å². The van der Waals surface area contributed by atoms with Crippen LogP contribution in [-0.4, -0.2) is 31.0 Å².